The van der Waals surface area contributed by atoms with E-state index in [1.807, 2.05) is 18.2 Å². The van der Waals surface area contributed by atoms with Crippen molar-refractivity contribution in [2.45, 2.75) is 19.4 Å². The zero-order valence-corrected chi connectivity index (χ0v) is 8.96. The Morgan fingerprint density at radius 2 is 2.25 bits per heavy atom. The van der Waals surface area contributed by atoms with E-state index in [2.05, 4.69) is 30.3 Å². The Bertz CT molecular complexity index is 282. The summed E-state index contributed by atoms with van der Waals surface area (Å²) in [4.78, 5) is 4.12. The summed E-state index contributed by atoms with van der Waals surface area (Å²) in [5.74, 6) is 3.08. The minimum atomic E-state index is -0.199. The average Bonchev–Trinajstić information content (AvgIpc) is 2.05. The Morgan fingerprint density at radius 3 is 2.83 bits per heavy atom. The third-order valence-electron chi connectivity index (χ3n) is 1.39. The molecule has 0 aliphatic rings. The highest BCUT2D eigenvalue weighted by Gasteiger charge is 1.88. The summed E-state index contributed by atoms with van der Waals surface area (Å²) in [5.41, 5.74) is 4.90. The summed E-state index contributed by atoms with van der Waals surface area (Å²) in [6.45, 7) is 4.44. The van der Waals surface area contributed by atoms with Crippen LogP contribution < -0.4 is 0 Å². The Balaban J connectivity index is 2.55. The van der Waals surface area contributed by atoms with Crippen molar-refractivity contribution in [2.24, 2.45) is 0 Å². The van der Waals surface area contributed by atoms with Crippen molar-refractivity contribution < 1.29 is 0 Å². The Kier molecular flexibility index (Phi) is 3.56. The molecule has 0 saturated heterocycles. The van der Waals surface area contributed by atoms with Crippen LogP contribution in [0.4, 0.5) is 0 Å². The van der Waals surface area contributed by atoms with Crippen molar-refractivity contribution in [1.29, 1.82) is 0 Å². The summed E-state index contributed by atoms with van der Waals surface area (Å²) in [5, 5.41) is 0. The van der Waals surface area contributed by atoms with E-state index in [0.717, 1.165) is 11.2 Å². The van der Waals surface area contributed by atoms with E-state index in [1.54, 1.807) is 6.20 Å². The van der Waals surface area contributed by atoms with Gasteiger partial charge in [-0.2, -0.15) is 0 Å². The van der Waals surface area contributed by atoms with Crippen LogP contribution in [0.1, 0.15) is 19.5 Å². The minimum Gasteiger partial charge on any atom is -0.248 e. The largest absolute Gasteiger partial charge is 0.248 e. The standard InChI is InChI=1S/C10H13NSi/c1-9(2)12-8-6-10-5-3-4-7-11-10/h3-5,7,9H,12H2,1-2H3. The molecule has 2 heteroatoms. The molecule has 62 valence electrons. The van der Waals surface area contributed by atoms with Gasteiger partial charge in [-0.1, -0.05) is 25.8 Å². The van der Waals surface area contributed by atoms with Gasteiger partial charge in [0.1, 0.15) is 15.2 Å². The van der Waals surface area contributed by atoms with Crippen LogP contribution in [0, 0.1) is 11.5 Å². The first-order valence-corrected chi connectivity index (χ1v) is 5.71. The van der Waals surface area contributed by atoms with Gasteiger partial charge in [0.15, 0.2) is 0 Å². The number of hydrogen-bond donors (Lipinski definition) is 0. The summed E-state index contributed by atoms with van der Waals surface area (Å²) in [7, 11) is -0.199. The molecular formula is C10H13NSi. The summed E-state index contributed by atoms with van der Waals surface area (Å²) >= 11 is 0. The molecule has 0 radical (unpaired) electrons. The van der Waals surface area contributed by atoms with Gasteiger partial charge in [-0.05, 0) is 17.7 Å². The Labute approximate surface area is 76.0 Å². The van der Waals surface area contributed by atoms with Crippen molar-refractivity contribution in [3.63, 3.8) is 0 Å². The van der Waals surface area contributed by atoms with Crippen LogP contribution in [0.5, 0.6) is 0 Å². The molecule has 0 amide bonds. The van der Waals surface area contributed by atoms with E-state index in [0.29, 0.717) is 0 Å². The normalized spacial score (nSPS) is 10.2. The van der Waals surface area contributed by atoms with Crippen molar-refractivity contribution in [1.82, 2.24) is 4.98 Å². The molecule has 0 bridgehead atoms. The Hall–Kier alpha value is -1.07. The molecule has 1 heterocycles. The van der Waals surface area contributed by atoms with E-state index in [9.17, 15) is 0 Å². The Morgan fingerprint density at radius 1 is 1.42 bits per heavy atom. The van der Waals surface area contributed by atoms with Gasteiger partial charge in [0.25, 0.3) is 0 Å². The van der Waals surface area contributed by atoms with Crippen LogP contribution in [0.2, 0.25) is 5.54 Å². The topological polar surface area (TPSA) is 12.9 Å². The maximum Gasteiger partial charge on any atom is 0.112 e. The molecular weight excluding hydrogens is 162 g/mol. The molecule has 0 spiro atoms. The molecule has 1 aromatic heterocycles. The van der Waals surface area contributed by atoms with Crippen LogP contribution >= 0.6 is 0 Å². The number of rotatable bonds is 1. The van der Waals surface area contributed by atoms with Crippen molar-refractivity contribution >= 4 is 9.52 Å². The fraction of sp³-hybridized carbons (Fsp3) is 0.300. The van der Waals surface area contributed by atoms with E-state index < -0.39 is 0 Å². The zero-order valence-electron chi connectivity index (χ0n) is 7.54. The first-order valence-electron chi connectivity index (χ1n) is 4.19. The quantitative estimate of drug-likeness (QED) is 0.464. The van der Waals surface area contributed by atoms with E-state index >= 15 is 0 Å². The van der Waals surface area contributed by atoms with Crippen LogP contribution in [-0.4, -0.2) is 14.5 Å². The predicted octanol–water partition coefficient (Wildman–Crippen LogP) is 1.39. The predicted molar refractivity (Wildman–Crippen MR) is 54.8 cm³/mol. The second-order valence-corrected chi connectivity index (χ2v) is 5.51. The van der Waals surface area contributed by atoms with Gasteiger partial charge in [-0.15, -0.1) is 5.54 Å². The van der Waals surface area contributed by atoms with Gasteiger partial charge >= 0.3 is 0 Å². The third-order valence-corrected chi connectivity index (χ3v) is 2.59. The lowest BCUT2D eigenvalue weighted by molar-refractivity contribution is 1.07. The van der Waals surface area contributed by atoms with Crippen LogP contribution in [0.3, 0.4) is 0 Å². The minimum absolute atomic E-state index is 0.199. The maximum atomic E-state index is 4.12. The van der Waals surface area contributed by atoms with E-state index in [-0.39, 0.29) is 9.52 Å². The van der Waals surface area contributed by atoms with Gasteiger partial charge in [-0.3, -0.25) is 0 Å². The summed E-state index contributed by atoms with van der Waals surface area (Å²) < 4.78 is 0. The number of pyridine rings is 1. The second-order valence-electron chi connectivity index (χ2n) is 3.11. The molecule has 0 aliphatic carbocycles. The SMILES string of the molecule is CC(C)[SiH2]C#Cc1ccccn1. The summed E-state index contributed by atoms with van der Waals surface area (Å²) in [6.07, 6.45) is 1.78. The molecule has 1 nitrogen and oxygen atoms in total. The summed E-state index contributed by atoms with van der Waals surface area (Å²) in [6, 6.07) is 5.82. The highest BCUT2D eigenvalue weighted by Crippen LogP contribution is 1.95. The smallest absolute Gasteiger partial charge is 0.112 e. The fourth-order valence-electron chi connectivity index (χ4n) is 0.782. The van der Waals surface area contributed by atoms with Crippen molar-refractivity contribution in [2.75, 3.05) is 0 Å². The number of aromatic nitrogens is 1. The van der Waals surface area contributed by atoms with Crippen LogP contribution in [0.25, 0.3) is 0 Å². The van der Waals surface area contributed by atoms with Gasteiger partial charge in [-0.25, -0.2) is 4.98 Å². The van der Waals surface area contributed by atoms with Crippen molar-refractivity contribution in [3.05, 3.63) is 30.1 Å². The fourth-order valence-corrected chi connectivity index (χ4v) is 1.47. The number of nitrogens with zero attached hydrogens (tertiary/aromatic N) is 1. The highest BCUT2D eigenvalue weighted by molar-refractivity contribution is 6.47. The zero-order chi connectivity index (χ0) is 8.81. The molecule has 12 heavy (non-hydrogen) atoms. The molecule has 0 aliphatic heterocycles. The molecule has 1 rings (SSSR count). The lowest BCUT2D eigenvalue weighted by Crippen LogP contribution is -1.90. The monoisotopic (exact) mass is 175 g/mol. The van der Waals surface area contributed by atoms with Gasteiger partial charge in [0.05, 0.1) is 0 Å². The molecule has 0 saturated carbocycles. The van der Waals surface area contributed by atoms with E-state index in [4.69, 9.17) is 0 Å². The lowest BCUT2D eigenvalue weighted by Gasteiger charge is -1.91. The van der Waals surface area contributed by atoms with Gasteiger partial charge in [0.2, 0.25) is 0 Å². The molecule has 0 fully saturated rings. The molecule has 0 unspecified atom stereocenters. The molecule has 0 N–H and O–H groups in total. The molecule has 0 atom stereocenters. The highest BCUT2D eigenvalue weighted by atomic mass is 28.2. The van der Waals surface area contributed by atoms with Crippen LogP contribution in [0.15, 0.2) is 24.4 Å². The molecule has 1 aromatic rings. The first kappa shape index (κ1) is 9.02. The van der Waals surface area contributed by atoms with Gasteiger partial charge in [0, 0.05) is 6.20 Å². The number of hydrogen-bond acceptors (Lipinski definition) is 1. The van der Waals surface area contributed by atoms with Crippen LogP contribution in [-0.2, 0) is 0 Å². The maximum absolute atomic E-state index is 4.12. The van der Waals surface area contributed by atoms with E-state index in [1.165, 1.54) is 0 Å². The second kappa shape index (κ2) is 4.73. The average molecular weight is 175 g/mol. The molecule has 0 aromatic carbocycles. The van der Waals surface area contributed by atoms with Gasteiger partial charge < -0.3 is 0 Å². The lowest BCUT2D eigenvalue weighted by atomic mass is 10.4. The first-order chi connectivity index (χ1) is 5.79. The third kappa shape index (κ3) is 3.36. The van der Waals surface area contributed by atoms with Crippen molar-refractivity contribution in [3.8, 4) is 11.5 Å².